The molecule has 1 N–H and O–H groups in total. The predicted octanol–water partition coefficient (Wildman–Crippen LogP) is 2.62. The number of alkyl halides is 3. The highest BCUT2D eigenvalue weighted by atomic mass is 19.4. The van der Waals surface area contributed by atoms with Gasteiger partial charge in [0.15, 0.2) is 5.82 Å². The van der Waals surface area contributed by atoms with Crippen LogP contribution in [0.3, 0.4) is 0 Å². The van der Waals surface area contributed by atoms with E-state index in [9.17, 15) is 27.5 Å². The van der Waals surface area contributed by atoms with E-state index in [4.69, 9.17) is 0 Å². The molecule has 1 unspecified atom stereocenters. The van der Waals surface area contributed by atoms with Gasteiger partial charge in [0.05, 0.1) is 36.1 Å². The molecule has 0 bridgehead atoms. The number of aromatic nitrogens is 3. The topological polar surface area (TPSA) is 74.5 Å². The van der Waals surface area contributed by atoms with Crippen molar-refractivity contribution in [1.29, 1.82) is 0 Å². The van der Waals surface area contributed by atoms with Crippen molar-refractivity contribution in [1.82, 2.24) is 19.4 Å². The Bertz CT molecular complexity index is 996. The SMILES string of the molecule is C[C@H]1CN(C(=O)C2(C)CN(c3ccc(F)cn3)C2)Cc2cnc(C(C)(O)C(F)(F)F)n21. The second-order valence-electron chi connectivity index (χ2n) is 8.80. The standard InChI is InChI=1S/C20H23F4N5O2/c1-12-8-27(9-14-7-26-16(29(12)14)19(3,31)20(22,23)24)17(30)18(2)10-28(11-18)15-5-4-13(21)6-25-15/h4-7,12,31H,8-11H2,1-3H3/t12-,19?/m0/s1. The number of rotatable bonds is 3. The smallest absolute Gasteiger partial charge is 0.374 e. The Morgan fingerprint density at radius 3 is 2.48 bits per heavy atom. The van der Waals surface area contributed by atoms with Crippen LogP contribution < -0.4 is 4.90 Å². The number of nitrogens with zero attached hydrogens (tertiary/aromatic N) is 5. The van der Waals surface area contributed by atoms with Gasteiger partial charge in [-0.1, -0.05) is 0 Å². The number of anilines is 1. The van der Waals surface area contributed by atoms with E-state index in [1.807, 2.05) is 11.8 Å². The van der Waals surface area contributed by atoms with Crippen molar-refractivity contribution in [3.63, 3.8) is 0 Å². The molecule has 2 aliphatic heterocycles. The summed E-state index contributed by atoms with van der Waals surface area (Å²) in [5, 5.41) is 10.1. The molecular formula is C20H23F4N5O2. The number of hydrogen-bond acceptors (Lipinski definition) is 5. The molecule has 11 heteroatoms. The van der Waals surface area contributed by atoms with Gasteiger partial charge in [-0.15, -0.1) is 0 Å². The van der Waals surface area contributed by atoms with Crippen LogP contribution in [0, 0.1) is 11.2 Å². The molecule has 2 aromatic rings. The summed E-state index contributed by atoms with van der Waals surface area (Å²) >= 11 is 0. The molecule has 1 amide bonds. The maximum Gasteiger partial charge on any atom is 0.424 e. The fourth-order valence-corrected chi connectivity index (χ4v) is 4.34. The zero-order valence-electron chi connectivity index (χ0n) is 17.3. The summed E-state index contributed by atoms with van der Waals surface area (Å²) in [6, 6.07) is 2.37. The second kappa shape index (κ2) is 6.91. The third kappa shape index (κ3) is 3.44. The van der Waals surface area contributed by atoms with Gasteiger partial charge in [0, 0.05) is 19.6 Å². The first-order valence-electron chi connectivity index (χ1n) is 9.85. The van der Waals surface area contributed by atoms with Crippen LogP contribution in [0.15, 0.2) is 24.5 Å². The van der Waals surface area contributed by atoms with Crippen molar-refractivity contribution in [2.24, 2.45) is 5.41 Å². The molecule has 0 aromatic carbocycles. The van der Waals surface area contributed by atoms with E-state index in [0.29, 0.717) is 31.5 Å². The summed E-state index contributed by atoms with van der Waals surface area (Å²) in [6.07, 6.45) is -2.48. The van der Waals surface area contributed by atoms with Crippen LogP contribution in [-0.2, 0) is 16.9 Å². The maximum atomic E-state index is 13.3. The number of pyridine rings is 1. The van der Waals surface area contributed by atoms with Crippen LogP contribution in [0.5, 0.6) is 0 Å². The van der Waals surface area contributed by atoms with E-state index in [1.165, 1.54) is 16.8 Å². The molecule has 2 aromatic heterocycles. The predicted molar refractivity (Wildman–Crippen MR) is 102 cm³/mol. The molecule has 0 spiro atoms. The molecule has 0 radical (unpaired) electrons. The minimum absolute atomic E-state index is 0.106. The van der Waals surface area contributed by atoms with Gasteiger partial charge in [-0.2, -0.15) is 13.2 Å². The lowest BCUT2D eigenvalue weighted by Gasteiger charge is -2.50. The number of carbonyl (C=O) groups excluding carboxylic acids is 1. The average molecular weight is 441 g/mol. The van der Waals surface area contributed by atoms with Crippen molar-refractivity contribution in [3.8, 4) is 0 Å². The Labute approximate surface area is 176 Å². The number of amides is 1. The lowest BCUT2D eigenvalue weighted by molar-refractivity contribution is -0.263. The van der Waals surface area contributed by atoms with E-state index in [0.717, 1.165) is 6.20 Å². The number of hydrogen-bond donors (Lipinski definition) is 1. The highest BCUT2D eigenvalue weighted by Crippen LogP contribution is 2.41. The van der Waals surface area contributed by atoms with Crippen LogP contribution in [0.2, 0.25) is 0 Å². The number of carbonyl (C=O) groups is 1. The Hall–Kier alpha value is -2.69. The summed E-state index contributed by atoms with van der Waals surface area (Å²) in [5.41, 5.74) is -3.33. The monoisotopic (exact) mass is 441 g/mol. The van der Waals surface area contributed by atoms with Crippen molar-refractivity contribution in [2.45, 2.75) is 45.1 Å². The summed E-state index contributed by atoms with van der Waals surface area (Å²) < 4.78 is 54.4. The van der Waals surface area contributed by atoms with Gasteiger partial charge in [-0.3, -0.25) is 4.79 Å². The molecule has 168 valence electrons. The fourth-order valence-electron chi connectivity index (χ4n) is 4.34. The summed E-state index contributed by atoms with van der Waals surface area (Å²) in [5.74, 6) is -0.450. The van der Waals surface area contributed by atoms with Crippen LogP contribution in [-0.4, -0.2) is 56.3 Å². The second-order valence-corrected chi connectivity index (χ2v) is 8.80. The van der Waals surface area contributed by atoms with Gasteiger partial charge in [0.1, 0.15) is 11.6 Å². The first kappa shape index (κ1) is 21.5. The summed E-state index contributed by atoms with van der Waals surface area (Å²) in [4.78, 5) is 24.6. The number of halogens is 4. The molecule has 2 atom stereocenters. The van der Waals surface area contributed by atoms with E-state index < -0.39 is 34.9 Å². The first-order valence-corrected chi connectivity index (χ1v) is 9.85. The molecule has 7 nitrogen and oxygen atoms in total. The minimum atomic E-state index is -4.88. The molecule has 0 saturated carbocycles. The minimum Gasteiger partial charge on any atom is -0.374 e. The van der Waals surface area contributed by atoms with Crippen molar-refractivity contribution in [3.05, 3.63) is 41.9 Å². The van der Waals surface area contributed by atoms with Gasteiger partial charge in [0.2, 0.25) is 11.5 Å². The Morgan fingerprint density at radius 1 is 1.23 bits per heavy atom. The van der Waals surface area contributed by atoms with Gasteiger partial charge in [-0.05, 0) is 32.9 Å². The Kier molecular flexibility index (Phi) is 4.80. The summed E-state index contributed by atoms with van der Waals surface area (Å²) in [7, 11) is 0. The third-order valence-electron chi connectivity index (χ3n) is 6.06. The highest BCUT2D eigenvalue weighted by molar-refractivity contribution is 5.86. The zero-order valence-corrected chi connectivity index (χ0v) is 17.3. The Balaban J connectivity index is 1.50. The molecule has 4 heterocycles. The van der Waals surface area contributed by atoms with E-state index in [2.05, 4.69) is 9.97 Å². The van der Waals surface area contributed by atoms with Gasteiger partial charge >= 0.3 is 6.18 Å². The lowest BCUT2D eigenvalue weighted by atomic mass is 9.80. The largest absolute Gasteiger partial charge is 0.424 e. The normalized spacial score (nSPS) is 22.5. The van der Waals surface area contributed by atoms with Crippen LogP contribution in [0.4, 0.5) is 23.4 Å². The van der Waals surface area contributed by atoms with Gasteiger partial charge < -0.3 is 19.5 Å². The maximum absolute atomic E-state index is 13.3. The fraction of sp³-hybridized carbons (Fsp3) is 0.550. The van der Waals surface area contributed by atoms with Crippen molar-refractivity contribution < 1.29 is 27.5 Å². The first-order chi connectivity index (χ1) is 14.3. The number of imidazole rings is 1. The lowest BCUT2D eigenvalue weighted by Crippen LogP contribution is -2.63. The van der Waals surface area contributed by atoms with Gasteiger partial charge in [-0.25, -0.2) is 14.4 Å². The van der Waals surface area contributed by atoms with E-state index >= 15 is 0 Å². The Morgan fingerprint density at radius 2 is 1.90 bits per heavy atom. The summed E-state index contributed by atoms with van der Waals surface area (Å²) in [6.45, 7) is 5.32. The zero-order chi connectivity index (χ0) is 22.8. The molecule has 31 heavy (non-hydrogen) atoms. The van der Waals surface area contributed by atoms with E-state index in [-0.39, 0.29) is 19.0 Å². The van der Waals surface area contributed by atoms with E-state index in [1.54, 1.807) is 17.9 Å². The third-order valence-corrected chi connectivity index (χ3v) is 6.06. The molecule has 2 aliphatic rings. The quantitative estimate of drug-likeness (QED) is 0.742. The molecule has 4 rings (SSSR count). The van der Waals surface area contributed by atoms with Crippen LogP contribution in [0.25, 0.3) is 0 Å². The molecule has 0 aliphatic carbocycles. The molecule has 1 fully saturated rings. The van der Waals surface area contributed by atoms with Crippen molar-refractivity contribution >= 4 is 11.7 Å². The van der Waals surface area contributed by atoms with Crippen LogP contribution >= 0.6 is 0 Å². The highest BCUT2D eigenvalue weighted by Gasteiger charge is 2.55. The molecule has 1 saturated heterocycles. The number of aliphatic hydroxyl groups is 1. The average Bonchev–Trinajstić information content (AvgIpc) is 3.10. The molecular weight excluding hydrogens is 418 g/mol. The van der Waals surface area contributed by atoms with Crippen LogP contribution in [0.1, 0.15) is 38.3 Å². The van der Waals surface area contributed by atoms with Gasteiger partial charge in [0.25, 0.3) is 0 Å². The number of fused-ring (bicyclic) bond motifs is 1. The van der Waals surface area contributed by atoms with Crippen molar-refractivity contribution in [2.75, 3.05) is 24.5 Å².